The van der Waals surface area contributed by atoms with Gasteiger partial charge < -0.3 is 40.2 Å². The molecule has 0 unspecified atom stereocenters. The average Bonchev–Trinajstić information content (AvgIpc) is 4.09. The first-order valence-electron chi connectivity index (χ1n) is 19.7. The van der Waals surface area contributed by atoms with Gasteiger partial charge in [-0.3, -0.25) is 14.4 Å². The molecule has 2 aliphatic heterocycles. The lowest BCUT2D eigenvalue weighted by atomic mass is 10.0. The van der Waals surface area contributed by atoms with Crippen LogP contribution in [0.15, 0.2) is 115 Å². The number of imidazole rings is 1. The summed E-state index contributed by atoms with van der Waals surface area (Å²) < 4.78 is 9.59. The van der Waals surface area contributed by atoms with Gasteiger partial charge >= 0.3 is 12.2 Å². The highest BCUT2D eigenvalue weighted by Crippen LogP contribution is 2.34. The predicted molar refractivity (Wildman–Crippen MR) is 223 cm³/mol. The third-order valence-electron chi connectivity index (χ3n) is 10.6. The normalized spacial score (nSPS) is 16.8. The van der Waals surface area contributed by atoms with Gasteiger partial charge in [0, 0.05) is 35.5 Å². The second kappa shape index (κ2) is 18.9. The van der Waals surface area contributed by atoms with E-state index < -0.39 is 36.2 Å². The minimum atomic E-state index is -1.01. The van der Waals surface area contributed by atoms with Crippen molar-refractivity contribution in [1.29, 1.82) is 0 Å². The second-order valence-corrected chi connectivity index (χ2v) is 14.4. The summed E-state index contributed by atoms with van der Waals surface area (Å²) in [5.74, 6) is 6.08. The van der Waals surface area contributed by atoms with Crippen LogP contribution in [0.25, 0.3) is 11.3 Å². The summed E-state index contributed by atoms with van der Waals surface area (Å²) in [6, 6.07) is 29.9. The van der Waals surface area contributed by atoms with Crippen molar-refractivity contribution in [1.82, 2.24) is 30.4 Å². The van der Waals surface area contributed by atoms with Gasteiger partial charge in [-0.15, -0.1) is 0 Å². The third-order valence-corrected chi connectivity index (χ3v) is 10.6. The molecule has 5 amide bonds. The second-order valence-electron chi connectivity index (χ2n) is 14.4. The van der Waals surface area contributed by atoms with Crippen LogP contribution >= 0.6 is 0 Å². The number of nitrogens with zero attached hydrogens (tertiary/aromatic N) is 3. The molecule has 2 saturated heterocycles. The maximum absolute atomic E-state index is 13.9. The highest BCUT2D eigenvalue weighted by atomic mass is 16.5. The molecule has 60 heavy (non-hydrogen) atoms. The minimum Gasteiger partial charge on any atom is -0.453 e. The number of likely N-dealkylation sites (tertiary alicyclic amines) is 2. The molecule has 14 nitrogen and oxygen atoms in total. The zero-order valence-corrected chi connectivity index (χ0v) is 33.2. The van der Waals surface area contributed by atoms with E-state index in [0.717, 1.165) is 23.2 Å². The molecule has 1 aromatic heterocycles. The van der Waals surface area contributed by atoms with E-state index in [1.807, 2.05) is 54.6 Å². The number of ether oxygens (including phenoxy) is 2. The molecule has 0 bridgehead atoms. The van der Waals surface area contributed by atoms with E-state index >= 15 is 0 Å². The summed E-state index contributed by atoms with van der Waals surface area (Å²) >= 11 is 0. The predicted octanol–water partition coefficient (Wildman–Crippen LogP) is 6.26. The van der Waals surface area contributed by atoms with Crippen molar-refractivity contribution in [2.24, 2.45) is 0 Å². The van der Waals surface area contributed by atoms with Crippen molar-refractivity contribution in [3.63, 3.8) is 0 Å². The van der Waals surface area contributed by atoms with E-state index in [4.69, 9.17) is 9.47 Å². The molecule has 5 aromatic rings. The Labute approximate surface area is 347 Å². The van der Waals surface area contributed by atoms with Gasteiger partial charge in [-0.2, -0.15) is 0 Å². The average molecular weight is 808 g/mol. The fourth-order valence-electron chi connectivity index (χ4n) is 7.63. The monoisotopic (exact) mass is 807 g/mol. The standard InChI is InChI=1S/C46H45N7O7/c1-59-45(57)50-39(32-15-5-3-6-16-32)43(55)52-25-11-21-37(52)41-47-29-36(49-41)34-19-9-13-30(27-34)23-24-31-14-10-20-35(28-31)48-42(54)38-22-12-26-53(38)44(56)40(51-46(58)60-2)33-17-7-4-8-18-33/h3-10,13-20,27-29,37-40H,11-12,21-22,25-26H2,1-2H3,(H,47,49)(H,48,54)(H,50,57)(H,51,58)/t37-,38-,39+,40+/m0/s1. The van der Waals surface area contributed by atoms with E-state index in [9.17, 15) is 24.0 Å². The molecule has 0 radical (unpaired) electrons. The summed E-state index contributed by atoms with van der Waals surface area (Å²) in [5, 5.41) is 8.27. The number of hydrogen-bond acceptors (Lipinski definition) is 8. The highest BCUT2D eigenvalue weighted by Gasteiger charge is 2.39. The molecule has 2 aliphatic rings. The van der Waals surface area contributed by atoms with Crippen molar-refractivity contribution in [3.05, 3.63) is 143 Å². The molecule has 0 saturated carbocycles. The van der Waals surface area contributed by atoms with Crippen LogP contribution in [0.5, 0.6) is 0 Å². The van der Waals surface area contributed by atoms with Crippen LogP contribution in [-0.4, -0.2) is 83.0 Å². The van der Waals surface area contributed by atoms with Crippen LogP contribution in [-0.2, 0) is 23.9 Å². The SMILES string of the molecule is COC(=O)N[C@@H](C(=O)N1CCC[C@H]1C(=O)Nc1cccc(C#Cc2cccc(-c3cnc([C@@H]4CCCN4C(=O)[C@H](NC(=O)OC)c4ccccc4)[nH]3)c2)c1)c1ccccc1. The lowest BCUT2D eigenvalue weighted by Crippen LogP contribution is -2.48. The van der Waals surface area contributed by atoms with Crippen LogP contribution in [0.1, 0.15) is 71.9 Å². The van der Waals surface area contributed by atoms with Crippen molar-refractivity contribution in [3.8, 4) is 23.1 Å². The number of H-pyrrole nitrogens is 1. The maximum atomic E-state index is 13.9. The summed E-state index contributed by atoms with van der Waals surface area (Å²) in [6.07, 6.45) is 2.91. The Kier molecular flexibility index (Phi) is 12.8. The van der Waals surface area contributed by atoms with Gasteiger partial charge in [0.05, 0.1) is 32.2 Å². The molecule has 0 spiro atoms. The smallest absolute Gasteiger partial charge is 0.407 e. The zero-order valence-electron chi connectivity index (χ0n) is 33.2. The quantitative estimate of drug-likeness (QED) is 0.120. The van der Waals surface area contributed by atoms with Gasteiger partial charge in [0.25, 0.3) is 11.8 Å². The van der Waals surface area contributed by atoms with Crippen LogP contribution in [0.4, 0.5) is 15.3 Å². The number of aromatic nitrogens is 2. The Balaban J connectivity index is 1.02. The zero-order chi connectivity index (χ0) is 42.0. The van der Waals surface area contributed by atoms with E-state index in [-0.39, 0.29) is 17.9 Å². The van der Waals surface area contributed by atoms with Gasteiger partial charge in [-0.05, 0) is 67.1 Å². The Bertz CT molecular complexity index is 2410. The molecule has 7 rings (SSSR count). The number of hydrogen-bond donors (Lipinski definition) is 4. The van der Waals surface area contributed by atoms with Crippen LogP contribution in [0.2, 0.25) is 0 Å². The molecule has 0 aliphatic carbocycles. The molecular formula is C46H45N7O7. The Hall–Kier alpha value is -7.40. The number of carbonyl (C=O) groups is 5. The van der Waals surface area contributed by atoms with E-state index in [1.54, 1.807) is 65.7 Å². The van der Waals surface area contributed by atoms with Gasteiger partial charge in [0.15, 0.2) is 0 Å². The van der Waals surface area contributed by atoms with E-state index in [0.29, 0.717) is 60.6 Å². The number of nitrogens with one attached hydrogen (secondary N) is 4. The van der Waals surface area contributed by atoms with Crippen LogP contribution in [0.3, 0.4) is 0 Å². The maximum Gasteiger partial charge on any atom is 0.407 e. The molecule has 4 N–H and O–H groups in total. The number of anilines is 1. The molecular weight excluding hydrogens is 763 g/mol. The van der Waals surface area contributed by atoms with Crippen molar-refractivity contribution in [2.45, 2.75) is 49.9 Å². The molecule has 306 valence electrons. The first-order valence-corrected chi connectivity index (χ1v) is 19.7. The third kappa shape index (κ3) is 9.48. The van der Waals surface area contributed by atoms with Gasteiger partial charge in [-0.25, -0.2) is 14.6 Å². The topological polar surface area (TPSA) is 175 Å². The summed E-state index contributed by atoms with van der Waals surface area (Å²) in [4.78, 5) is 77.0. The Morgan fingerprint density at radius 1 is 0.700 bits per heavy atom. The Morgan fingerprint density at radius 3 is 1.90 bits per heavy atom. The lowest BCUT2D eigenvalue weighted by molar-refractivity contribution is -0.138. The summed E-state index contributed by atoms with van der Waals surface area (Å²) in [7, 11) is 2.50. The van der Waals surface area contributed by atoms with Crippen molar-refractivity contribution in [2.75, 3.05) is 32.6 Å². The lowest BCUT2D eigenvalue weighted by Gasteiger charge is -2.28. The molecule has 4 aromatic carbocycles. The molecule has 4 atom stereocenters. The Morgan fingerprint density at radius 2 is 1.27 bits per heavy atom. The van der Waals surface area contributed by atoms with E-state index in [1.165, 1.54) is 19.1 Å². The van der Waals surface area contributed by atoms with Crippen LogP contribution < -0.4 is 16.0 Å². The van der Waals surface area contributed by atoms with Gasteiger partial charge in [0.1, 0.15) is 23.9 Å². The van der Waals surface area contributed by atoms with E-state index in [2.05, 4.69) is 37.8 Å². The highest BCUT2D eigenvalue weighted by molar-refractivity contribution is 5.99. The molecule has 14 heteroatoms. The molecule has 2 fully saturated rings. The summed E-state index contributed by atoms with van der Waals surface area (Å²) in [6.45, 7) is 0.892. The number of rotatable bonds is 10. The minimum absolute atomic E-state index is 0.245. The van der Waals surface area contributed by atoms with Gasteiger partial charge in [-0.1, -0.05) is 90.7 Å². The van der Waals surface area contributed by atoms with Crippen molar-refractivity contribution >= 4 is 35.6 Å². The number of methoxy groups -OCH3 is 2. The molecule has 3 heterocycles. The van der Waals surface area contributed by atoms with Crippen molar-refractivity contribution < 1.29 is 33.4 Å². The first-order chi connectivity index (χ1) is 29.2. The largest absolute Gasteiger partial charge is 0.453 e. The number of carbonyl (C=O) groups excluding carboxylic acids is 5. The van der Waals surface area contributed by atoms with Gasteiger partial charge in [0.2, 0.25) is 5.91 Å². The van der Waals surface area contributed by atoms with Crippen LogP contribution in [0, 0.1) is 11.8 Å². The first kappa shape index (κ1) is 40.8. The summed E-state index contributed by atoms with van der Waals surface area (Å²) in [5.41, 5.74) is 4.83. The number of benzene rings is 4. The fourth-order valence-corrected chi connectivity index (χ4v) is 7.63. The number of aromatic amines is 1. The number of alkyl carbamates (subject to hydrolysis) is 2. The fraction of sp³-hybridized carbons (Fsp3) is 0.261. The number of amides is 5.